The quantitative estimate of drug-likeness (QED) is 0.400. The van der Waals surface area contributed by atoms with Gasteiger partial charge in [-0.05, 0) is 101 Å². The van der Waals surface area contributed by atoms with Gasteiger partial charge in [0, 0.05) is 34.4 Å². The van der Waals surface area contributed by atoms with E-state index < -0.39 is 0 Å². The topological polar surface area (TPSA) is 78.9 Å². The summed E-state index contributed by atoms with van der Waals surface area (Å²) in [6.45, 7) is 12.5. The molecule has 2 aromatic heterocycles. The SMILES string of the molecule is CCCc1cc(C)[nH]c(=O)c1NCC(=O)c1cc(C2CCNCC2)cc2c1c(C)cn2C(C)C. The van der Waals surface area contributed by atoms with Crippen LogP contribution in [0.25, 0.3) is 10.9 Å². The molecule has 1 aromatic carbocycles. The molecule has 4 rings (SSSR count). The Labute approximate surface area is 202 Å². The van der Waals surface area contributed by atoms with Crippen molar-refractivity contribution in [1.29, 1.82) is 0 Å². The Morgan fingerprint density at radius 2 is 1.91 bits per heavy atom. The fraction of sp³-hybridized carbons (Fsp3) is 0.500. The number of rotatable bonds is 8. The van der Waals surface area contributed by atoms with E-state index in [1.165, 1.54) is 5.56 Å². The van der Waals surface area contributed by atoms with Crippen molar-refractivity contribution in [3.63, 3.8) is 0 Å². The first kappa shape index (κ1) is 24.3. The molecule has 0 aliphatic carbocycles. The van der Waals surface area contributed by atoms with E-state index in [1.54, 1.807) is 0 Å². The predicted molar refractivity (Wildman–Crippen MR) is 141 cm³/mol. The number of hydrogen-bond donors (Lipinski definition) is 3. The summed E-state index contributed by atoms with van der Waals surface area (Å²) in [7, 11) is 0. The number of ketones is 1. The first-order valence-electron chi connectivity index (χ1n) is 12.7. The zero-order chi connectivity index (χ0) is 24.4. The Hall–Kier alpha value is -2.86. The lowest BCUT2D eigenvalue weighted by Crippen LogP contribution is -2.27. The third-order valence-electron chi connectivity index (χ3n) is 7.01. The van der Waals surface area contributed by atoms with Gasteiger partial charge in [-0.3, -0.25) is 9.59 Å². The summed E-state index contributed by atoms with van der Waals surface area (Å²) in [5.41, 5.74) is 6.42. The highest BCUT2D eigenvalue weighted by molar-refractivity contribution is 6.10. The molecule has 1 aliphatic rings. The second-order valence-electron chi connectivity index (χ2n) is 10.0. The van der Waals surface area contributed by atoms with Gasteiger partial charge in [0.1, 0.15) is 5.69 Å². The number of aromatic amines is 1. The van der Waals surface area contributed by atoms with Crippen molar-refractivity contribution in [1.82, 2.24) is 14.9 Å². The Morgan fingerprint density at radius 1 is 1.18 bits per heavy atom. The number of carbonyl (C=O) groups excluding carboxylic acids is 1. The van der Waals surface area contributed by atoms with Gasteiger partial charge >= 0.3 is 0 Å². The lowest BCUT2D eigenvalue weighted by atomic mass is 9.87. The van der Waals surface area contributed by atoms with Gasteiger partial charge in [0.2, 0.25) is 0 Å². The van der Waals surface area contributed by atoms with E-state index in [0.29, 0.717) is 17.6 Å². The average molecular weight is 463 g/mol. The summed E-state index contributed by atoms with van der Waals surface area (Å²) in [5.74, 6) is 0.477. The van der Waals surface area contributed by atoms with Gasteiger partial charge in [-0.2, -0.15) is 0 Å². The molecule has 3 N–H and O–H groups in total. The molecule has 0 atom stereocenters. The molecule has 0 spiro atoms. The lowest BCUT2D eigenvalue weighted by molar-refractivity contribution is 0.101. The van der Waals surface area contributed by atoms with Crippen LogP contribution in [0.5, 0.6) is 0 Å². The normalized spacial score (nSPS) is 14.8. The van der Waals surface area contributed by atoms with Crippen LogP contribution in [0.4, 0.5) is 5.69 Å². The number of piperidine rings is 1. The monoisotopic (exact) mass is 462 g/mol. The summed E-state index contributed by atoms with van der Waals surface area (Å²) in [5, 5.41) is 7.67. The second-order valence-corrected chi connectivity index (χ2v) is 10.0. The molecule has 0 saturated carbocycles. The van der Waals surface area contributed by atoms with Gasteiger partial charge in [-0.1, -0.05) is 13.3 Å². The van der Waals surface area contributed by atoms with Gasteiger partial charge in [-0.25, -0.2) is 0 Å². The van der Waals surface area contributed by atoms with E-state index in [9.17, 15) is 9.59 Å². The molecule has 6 heteroatoms. The first-order valence-corrected chi connectivity index (χ1v) is 12.7. The van der Waals surface area contributed by atoms with Crippen LogP contribution >= 0.6 is 0 Å². The number of fused-ring (bicyclic) bond motifs is 1. The molecule has 0 bridgehead atoms. The maximum Gasteiger partial charge on any atom is 0.271 e. The smallest absolute Gasteiger partial charge is 0.271 e. The molecule has 6 nitrogen and oxygen atoms in total. The van der Waals surface area contributed by atoms with Crippen molar-refractivity contribution < 1.29 is 4.79 Å². The molecule has 0 unspecified atom stereocenters. The molecule has 1 saturated heterocycles. The van der Waals surface area contributed by atoms with Crippen LogP contribution in [0.1, 0.15) is 84.7 Å². The Morgan fingerprint density at radius 3 is 2.59 bits per heavy atom. The van der Waals surface area contributed by atoms with E-state index >= 15 is 0 Å². The summed E-state index contributed by atoms with van der Waals surface area (Å²) < 4.78 is 2.28. The van der Waals surface area contributed by atoms with Crippen molar-refractivity contribution in [2.75, 3.05) is 25.0 Å². The standard InChI is InChI=1S/C28H38N4O2/c1-6-7-21-12-19(5)31-28(34)27(21)30-15-25(33)23-13-22(20-8-10-29-11-9-20)14-24-26(23)18(4)16-32(24)17(2)3/h12-14,16-17,20,29-30H,6-11,15H2,1-5H3,(H,31,34). The summed E-state index contributed by atoms with van der Waals surface area (Å²) in [6.07, 6.45) is 6.06. The molecule has 0 radical (unpaired) electrons. The number of aryl methyl sites for hydroxylation is 3. The highest BCUT2D eigenvalue weighted by Gasteiger charge is 2.23. The number of hydrogen-bond acceptors (Lipinski definition) is 4. The molecule has 1 fully saturated rings. The Kier molecular flexibility index (Phi) is 7.27. The van der Waals surface area contributed by atoms with E-state index in [-0.39, 0.29) is 17.9 Å². The van der Waals surface area contributed by atoms with Crippen LogP contribution in [-0.4, -0.2) is 35.0 Å². The van der Waals surface area contributed by atoms with E-state index in [0.717, 1.165) is 72.1 Å². The average Bonchev–Trinajstić information content (AvgIpc) is 3.15. The fourth-order valence-corrected chi connectivity index (χ4v) is 5.33. The Bertz CT molecular complexity index is 1250. The highest BCUT2D eigenvalue weighted by atomic mass is 16.1. The van der Waals surface area contributed by atoms with Gasteiger partial charge in [0.25, 0.3) is 5.56 Å². The molecule has 182 valence electrons. The van der Waals surface area contributed by atoms with E-state index in [1.807, 2.05) is 13.0 Å². The maximum atomic E-state index is 13.6. The Balaban J connectivity index is 1.73. The van der Waals surface area contributed by atoms with Crippen LogP contribution in [0.15, 0.2) is 29.2 Å². The number of aromatic nitrogens is 2. The number of nitrogens with one attached hydrogen (secondary N) is 3. The minimum atomic E-state index is -0.160. The second kappa shape index (κ2) is 10.2. The van der Waals surface area contributed by atoms with Gasteiger partial charge < -0.3 is 20.2 Å². The molecular weight excluding hydrogens is 424 g/mol. The van der Waals surface area contributed by atoms with Gasteiger partial charge in [0.05, 0.1) is 6.54 Å². The van der Waals surface area contributed by atoms with E-state index in [2.05, 4.69) is 66.2 Å². The van der Waals surface area contributed by atoms with Crippen molar-refractivity contribution in [3.8, 4) is 0 Å². The van der Waals surface area contributed by atoms with E-state index in [4.69, 9.17) is 0 Å². The molecule has 1 aliphatic heterocycles. The molecule has 3 aromatic rings. The first-order chi connectivity index (χ1) is 16.3. The lowest BCUT2D eigenvalue weighted by Gasteiger charge is -2.24. The van der Waals surface area contributed by atoms with Crippen LogP contribution in [0.2, 0.25) is 0 Å². The fourth-order valence-electron chi connectivity index (χ4n) is 5.33. The summed E-state index contributed by atoms with van der Waals surface area (Å²) >= 11 is 0. The summed E-state index contributed by atoms with van der Waals surface area (Å²) in [4.78, 5) is 29.2. The highest BCUT2D eigenvalue weighted by Crippen LogP contribution is 2.34. The third kappa shape index (κ3) is 4.83. The number of H-pyrrole nitrogens is 1. The minimum Gasteiger partial charge on any atom is -0.373 e. The third-order valence-corrected chi connectivity index (χ3v) is 7.01. The van der Waals surface area contributed by atoms with Crippen LogP contribution in [0, 0.1) is 13.8 Å². The summed E-state index contributed by atoms with van der Waals surface area (Å²) in [6, 6.07) is 6.72. The van der Waals surface area contributed by atoms with Crippen molar-refractivity contribution in [2.24, 2.45) is 0 Å². The minimum absolute atomic E-state index is 0.0211. The number of carbonyl (C=O) groups is 1. The molecule has 3 heterocycles. The number of nitrogens with zero attached hydrogens (tertiary/aromatic N) is 1. The van der Waals surface area contributed by atoms with Gasteiger partial charge in [0.15, 0.2) is 5.78 Å². The van der Waals surface area contributed by atoms with Crippen LogP contribution in [-0.2, 0) is 6.42 Å². The van der Waals surface area contributed by atoms with Crippen LogP contribution in [0.3, 0.4) is 0 Å². The zero-order valence-electron chi connectivity index (χ0n) is 21.2. The number of benzene rings is 1. The van der Waals surface area contributed by atoms with Crippen molar-refractivity contribution >= 4 is 22.4 Å². The largest absolute Gasteiger partial charge is 0.373 e. The molecular formula is C28H38N4O2. The number of anilines is 1. The number of Topliss-reactive ketones (excluding diaryl/α,β-unsaturated/α-hetero) is 1. The number of pyridine rings is 1. The molecule has 34 heavy (non-hydrogen) atoms. The maximum absolute atomic E-state index is 13.6. The zero-order valence-corrected chi connectivity index (χ0v) is 21.2. The molecule has 0 amide bonds. The predicted octanol–water partition coefficient (Wildman–Crippen LogP) is 5.24. The van der Waals surface area contributed by atoms with Crippen molar-refractivity contribution in [2.45, 2.75) is 72.3 Å². The van der Waals surface area contributed by atoms with Crippen molar-refractivity contribution in [3.05, 3.63) is 62.7 Å². The van der Waals surface area contributed by atoms with Crippen LogP contribution < -0.4 is 16.2 Å². The van der Waals surface area contributed by atoms with Gasteiger partial charge in [-0.15, -0.1) is 0 Å².